The second kappa shape index (κ2) is 6.53. The zero-order valence-corrected chi connectivity index (χ0v) is 13.9. The van der Waals surface area contributed by atoms with Crippen LogP contribution in [0, 0.1) is 9.49 Å². The van der Waals surface area contributed by atoms with Crippen LogP contribution in [0.2, 0.25) is 0 Å². The van der Waals surface area contributed by atoms with Gasteiger partial charge >= 0.3 is 0 Å². The van der Waals surface area contributed by atoms with E-state index < -0.39 is 0 Å². The van der Waals surface area contributed by atoms with Crippen molar-refractivity contribution >= 4 is 38.5 Å². The molecule has 1 N–H and O–H groups in total. The first-order valence-corrected chi connectivity index (χ1v) is 8.26. The molecule has 2 rings (SSSR count). The minimum absolute atomic E-state index is 0.534. The number of rotatable bonds is 6. The van der Waals surface area contributed by atoms with Gasteiger partial charge in [0.2, 0.25) is 0 Å². The summed E-state index contributed by atoms with van der Waals surface area (Å²) >= 11 is 6.03. The molecule has 1 aliphatic rings. The summed E-state index contributed by atoms with van der Waals surface area (Å²) in [6.45, 7) is 3.34. The number of hydrogen-bond donors (Lipinski definition) is 1. The summed E-state index contributed by atoms with van der Waals surface area (Å²) in [5.41, 5.74) is 1.46. The maximum atomic E-state index is 3.70. The Morgan fingerprint density at radius 2 is 2.24 bits per heavy atom. The third-order valence-corrected chi connectivity index (χ3v) is 4.72. The Morgan fingerprint density at radius 1 is 1.47 bits per heavy atom. The van der Waals surface area contributed by atoms with Crippen molar-refractivity contribution in [3.63, 3.8) is 0 Å². The van der Waals surface area contributed by atoms with E-state index in [2.05, 4.69) is 69.0 Å². The van der Waals surface area contributed by atoms with Crippen LogP contribution in [0.5, 0.6) is 0 Å². The minimum atomic E-state index is 0.534. The Hall–Kier alpha value is 0.390. The van der Waals surface area contributed by atoms with Crippen molar-refractivity contribution in [1.82, 2.24) is 5.32 Å². The molecule has 0 spiro atoms. The zero-order valence-electron chi connectivity index (χ0n) is 10.2. The Bertz CT molecular complexity index is 376. The van der Waals surface area contributed by atoms with Gasteiger partial charge < -0.3 is 5.32 Å². The first-order valence-electron chi connectivity index (χ1n) is 6.39. The summed E-state index contributed by atoms with van der Waals surface area (Å²) in [6.07, 6.45) is 5.35. The van der Waals surface area contributed by atoms with Crippen molar-refractivity contribution in [3.8, 4) is 0 Å². The van der Waals surface area contributed by atoms with Crippen LogP contribution in [0.15, 0.2) is 22.7 Å². The predicted octanol–water partition coefficient (Wildman–Crippen LogP) is 4.89. The molecule has 3 heteroatoms. The highest BCUT2D eigenvalue weighted by Crippen LogP contribution is 2.39. The third kappa shape index (κ3) is 4.21. The molecular weight excluding hydrogens is 389 g/mol. The Labute approximate surface area is 126 Å². The van der Waals surface area contributed by atoms with E-state index >= 15 is 0 Å². The summed E-state index contributed by atoms with van der Waals surface area (Å²) in [5.74, 6) is 0.958. The standard InChI is InChI=1S/C14H19BrIN/c1-2-7-17-14(8-10-3-4-10)12-9-11(15)5-6-13(12)16/h5-6,9-10,14,17H,2-4,7-8H2,1H3. The molecule has 0 saturated heterocycles. The summed E-state index contributed by atoms with van der Waals surface area (Å²) < 4.78 is 2.56. The molecule has 94 valence electrons. The van der Waals surface area contributed by atoms with Gasteiger partial charge in [0.15, 0.2) is 0 Å². The van der Waals surface area contributed by atoms with E-state index in [0.29, 0.717) is 6.04 Å². The van der Waals surface area contributed by atoms with Gasteiger partial charge in [0.1, 0.15) is 0 Å². The number of benzene rings is 1. The molecule has 17 heavy (non-hydrogen) atoms. The van der Waals surface area contributed by atoms with Crippen LogP contribution in [-0.2, 0) is 0 Å². The molecule has 1 atom stereocenters. The number of nitrogens with one attached hydrogen (secondary N) is 1. The molecule has 0 aromatic heterocycles. The van der Waals surface area contributed by atoms with E-state index in [9.17, 15) is 0 Å². The lowest BCUT2D eigenvalue weighted by atomic mass is 10.0. The van der Waals surface area contributed by atoms with Gasteiger partial charge in [0.25, 0.3) is 0 Å². The van der Waals surface area contributed by atoms with Gasteiger partial charge in [0.05, 0.1) is 0 Å². The molecule has 0 bridgehead atoms. The second-order valence-corrected chi connectivity index (χ2v) is 6.93. The minimum Gasteiger partial charge on any atom is -0.310 e. The lowest BCUT2D eigenvalue weighted by Crippen LogP contribution is -2.23. The molecule has 1 nitrogen and oxygen atoms in total. The highest BCUT2D eigenvalue weighted by Gasteiger charge is 2.26. The van der Waals surface area contributed by atoms with E-state index in [1.807, 2.05) is 0 Å². The largest absolute Gasteiger partial charge is 0.310 e. The van der Waals surface area contributed by atoms with Crippen molar-refractivity contribution < 1.29 is 0 Å². The van der Waals surface area contributed by atoms with E-state index in [4.69, 9.17) is 0 Å². The van der Waals surface area contributed by atoms with Crippen LogP contribution in [-0.4, -0.2) is 6.54 Å². The predicted molar refractivity (Wildman–Crippen MR) is 85.2 cm³/mol. The molecule has 1 aromatic rings. The van der Waals surface area contributed by atoms with Crippen LogP contribution < -0.4 is 5.32 Å². The summed E-state index contributed by atoms with van der Waals surface area (Å²) in [6, 6.07) is 7.14. The molecule has 1 saturated carbocycles. The average Bonchev–Trinajstić information content (AvgIpc) is 3.11. The first kappa shape index (κ1) is 13.8. The maximum Gasteiger partial charge on any atom is 0.0333 e. The first-order chi connectivity index (χ1) is 8.20. The summed E-state index contributed by atoms with van der Waals surface area (Å²) in [5, 5.41) is 3.70. The quantitative estimate of drug-likeness (QED) is 0.661. The van der Waals surface area contributed by atoms with Crippen molar-refractivity contribution in [2.75, 3.05) is 6.54 Å². The van der Waals surface area contributed by atoms with Crippen molar-refractivity contribution in [1.29, 1.82) is 0 Å². The fourth-order valence-corrected chi connectivity index (χ4v) is 3.20. The maximum absolute atomic E-state index is 3.70. The molecule has 1 unspecified atom stereocenters. The fraction of sp³-hybridized carbons (Fsp3) is 0.571. The lowest BCUT2D eigenvalue weighted by Gasteiger charge is -2.20. The molecule has 1 aromatic carbocycles. The second-order valence-electron chi connectivity index (χ2n) is 4.85. The van der Waals surface area contributed by atoms with Crippen LogP contribution in [0.25, 0.3) is 0 Å². The molecule has 0 radical (unpaired) electrons. The Kier molecular flexibility index (Phi) is 5.30. The highest BCUT2D eigenvalue weighted by molar-refractivity contribution is 14.1. The van der Waals surface area contributed by atoms with Crippen molar-refractivity contribution in [2.45, 2.75) is 38.6 Å². The highest BCUT2D eigenvalue weighted by atomic mass is 127. The molecule has 0 aliphatic heterocycles. The van der Waals surface area contributed by atoms with E-state index in [1.165, 1.54) is 39.3 Å². The van der Waals surface area contributed by atoms with Gasteiger partial charge in [-0.15, -0.1) is 0 Å². The van der Waals surface area contributed by atoms with Crippen molar-refractivity contribution in [3.05, 3.63) is 31.8 Å². The summed E-state index contributed by atoms with van der Waals surface area (Å²) in [7, 11) is 0. The van der Waals surface area contributed by atoms with Crippen molar-refractivity contribution in [2.24, 2.45) is 5.92 Å². The van der Waals surface area contributed by atoms with Crippen LogP contribution in [0.1, 0.15) is 44.2 Å². The number of halogens is 2. The Balaban J connectivity index is 2.13. The van der Waals surface area contributed by atoms with Crippen LogP contribution >= 0.6 is 38.5 Å². The topological polar surface area (TPSA) is 12.0 Å². The van der Waals surface area contributed by atoms with Gasteiger partial charge in [-0.2, -0.15) is 0 Å². The third-order valence-electron chi connectivity index (χ3n) is 3.24. The monoisotopic (exact) mass is 407 g/mol. The zero-order chi connectivity index (χ0) is 12.3. The van der Waals surface area contributed by atoms with Crippen LogP contribution in [0.3, 0.4) is 0 Å². The van der Waals surface area contributed by atoms with E-state index in [0.717, 1.165) is 12.5 Å². The normalized spacial score (nSPS) is 17.1. The van der Waals surface area contributed by atoms with Crippen LogP contribution in [0.4, 0.5) is 0 Å². The van der Waals surface area contributed by atoms with Gasteiger partial charge in [-0.1, -0.05) is 35.7 Å². The van der Waals surface area contributed by atoms with Gasteiger partial charge in [-0.25, -0.2) is 0 Å². The summed E-state index contributed by atoms with van der Waals surface area (Å²) in [4.78, 5) is 0. The average molecular weight is 408 g/mol. The smallest absolute Gasteiger partial charge is 0.0333 e. The van der Waals surface area contributed by atoms with Gasteiger partial charge in [-0.05, 0) is 71.7 Å². The molecule has 0 heterocycles. The number of hydrogen-bond acceptors (Lipinski definition) is 1. The molecule has 0 amide bonds. The fourth-order valence-electron chi connectivity index (χ4n) is 2.11. The molecule has 1 aliphatic carbocycles. The van der Waals surface area contributed by atoms with Gasteiger partial charge in [-0.3, -0.25) is 0 Å². The molecule has 1 fully saturated rings. The molecular formula is C14H19BrIN. The van der Waals surface area contributed by atoms with E-state index in [-0.39, 0.29) is 0 Å². The van der Waals surface area contributed by atoms with Gasteiger partial charge in [0, 0.05) is 14.1 Å². The van der Waals surface area contributed by atoms with E-state index in [1.54, 1.807) is 0 Å². The Morgan fingerprint density at radius 3 is 2.88 bits per heavy atom. The SMILES string of the molecule is CCCNC(CC1CC1)c1cc(Br)ccc1I. The lowest BCUT2D eigenvalue weighted by molar-refractivity contribution is 0.472.